The summed E-state index contributed by atoms with van der Waals surface area (Å²) in [6.45, 7) is 2.03. The Morgan fingerprint density at radius 2 is 1.86 bits per heavy atom. The Balaban J connectivity index is 1.49. The smallest absolute Gasteiger partial charge is 0.272 e. The van der Waals surface area contributed by atoms with Gasteiger partial charge in [0.25, 0.3) is 5.91 Å². The Kier molecular flexibility index (Phi) is 4.43. The van der Waals surface area contributed by atoms with E-state index in [1.54, 1.807) is 20.9 Å². The van der Waals surface area contributed by atoms with Crippen LogP contribution in [0.1, 0.15) is 52.9 Å². The average molecular weight is 403 g/mol. The minimum atomic E-state index is -0.122. The molecule has 5 nitrogen and oxygen atoms in total. The normalized spacial score (nSPS) is 14.8. The van der Waals surface area contributed by atoms with Crippen molar-refractivity contribution in [3.05, 3.63) is 77.1 Å². The van der Waals surface area contributed by atoms with E-state index in [0.717, 1.165) is 39.4 Å². The van der Waals surface area contributed by atoms with Crippen molar-refractivity contribution in [2.24, 2.45) is 0 Å². The maximum Gasteiger partial charge on any atom is 0.272 e. The van der Waals surface area contributed by atoms with E-state index in [0.29, 0.717) is 11.6 Å². The minimum absolute atomic E-state index is 0.0417. The number of hydrogen-bond donors (Lipinski definition) is 0. The summed E-state index contributed by atoms with van der Waals surface area (Å²) in [7, 11) is 1.85. The van der Waals surface area contributed by atoms with Crippen LogP contribution in [0.25, 0.3) is 15.9 Å². The third-order valence-electron chi connectivity index (χ3n) is 5.51. The lowest BCUT2D eigenvalue weighted by molar-refractivity contribution is 0.0733. The first kappa shape index (κ1) is 18.1. The van der Waals surface area contributed by atoms with Crippen molar-refractivity contribution < 1.29 is 4.79 Å². The van der Waals surface area contributed by atoms with E-state index >= 15 is 0 Å². The van der Waals surface area contributed by atoms with Crippen LogP contribution in [0.15, 0.2) is 60.7 Å². The van der Waals surface area contributed by atoms with Gasteiger partial charge in [0, 0.05) is 13.0 Å². The highest BCUT2D eigenvalue weighted by Gasteiger charge is 2.31. The van der Waals surface area contributed by atoms with Crippen LogP contribution in [0.4, 0.5) is 0 Å². The highest BCUT2D eigenvalue weighted by atomic mass is 32.1. The molecule has 4 aromatic rings. The molecule has 0 unspecified atom stereocenters. The number of nitrogens with zero attached hydrogens (tertiary/aromatic N) is 4. The topological polar surface area (TPSA) is 51.0 Å². The Morgan fingerprint density at radius 3 is 2.59 bits per heavy atom. The van der Waals surface area contributed by atoms with Gasteiger partial charge in [0.1, 0.15) is 10.7 Å². The summed E-state index contributed by atoms with van der Waals surface area (Å²) >= 11 is 1.64. The lowest BCUT2D eigenvalue weighted by Crippen LogP contribution is -2.31. The molecule has 2 aromatic heterocycles. The molecule has 0 spiro atoms. The number of rotatable bonds is 5. The van der Waals surface area contributed by atoms with Crippen molar-refractivity contribution in [3.63, 3.8) is 0 Å². The molecule has 6 heteroatoms. The van der Waals surface area contributed by atoms with Gasteiger partial charge in [-0.3, -0.25) is 4.79 Å². The molecule has 1 saturated carbocycles. The van der Waals surface area contributed by atoms with Crippen LogP contribution in [0.3, 0.4) is 0 Å². The van der Waals surface area contributed by atoms with Gasteiger partial charge < -0.3 is 4.90 Å². The van der Waals surface area contributed by atoms with Crippen LogP contribution in [0.5, 0.6) is 0 Å². The van der Waals surface area contributed by atoms with Gasteiger partial charge in [0.15, 0.2) is 0 Å². The lowest BCUT2D eigenvalue weighted by Gasteiger charge is -2.23. The predicted molar refractivity (Wildman–Crippen MR) is 116 cm³/mol. The molecule has 0 aliphatic heterocycles. The van der Waals surface area contributed by atoms with Crippen molar-refractivity contribution in [3.8, 4) is 5.69 Å². The lowest BCUT2D eigenvalue weighted by atomic mass is 10.2. The van der Waals surface area contributed by atoms with E-state index in [1.165, 1.54) is 0 Å². The van der Waals surface area contributed by atoms with Gasteiger partial charge in [-0.05, 0) is 50.1 Å². The quantitative estimate of drug-likeness (QED) is 0.461. The summed E-state index contributed by atoms with van der Waals surface area (Å²) in [5.74, 6) is 0.443. The van der Waals surface area contributed by atoms with Crippen LogP contribution < -0.4 is 0 Å². The van der Waals surface area contributed by atoms with Crippen molar-refractivity contribution in [1.82, 2.24) is 19.7 Å². The zero-order valence-corrected chi connectivity index (χ0v) is 17.3. The van der Waals surface area contributed by atoms with Gasteiger partial charge in [0.05, 0.1) is 27.6 Å². The van der Waals surface area contributed by atoms with E-state index in [4.69, 9.17) is 10.1 Å². The monoisotopic (exact) mass is 402 g/mol. The van der Waals surface area contributed by atoms with E-state index < -0.39 is 0 Å². The number of benzene rings is 2. The summed E-state index contributed by atoms with van der Waals surface area (Å²) in [5, 5.41) is 5.71. The highest BCUT2D eigenvalue weighted by molar-refractivity contribution is 7.18. The molecular formula is C23H22N4OS. The maximum absolute atomic E-state index is 13.5. The third kappa shape index (κ3) is 3.34. The van der Waals surface area contributed by atoms with Gasteiger partial charge >= 0.3 is 0 Å². The Bertz CT molecular complexity index is 1140. The van der Waals surface area contributed by atoms with Crippen molar-refractivity contribution >= 4 is 27.5 Å². The van der Waals surface area contributed by atoms with Crippen molar-refractivity contribution in [2.45, 2.75) is 31.7 Å². The molecule has 1 aliphatic carbocycles. The van der Waals surface area contributed by atoms with Crippen LogP contribution in [0.2, 0.25) is 0 Å². The van der Waals surface area contributed by atoms with Gasteiger partial charge in [-0.1, -0.05) is 30.3 Å². The summed E-state index contributed by atoms with van der Waals surface area (Å²) in [5.41, 5.74) is 3.50. The third-order valence-corrected chi connectivity index (χ3v) is 6.72. The Labute approximate surface area is 173 Å². The fourth-order valence-corrected chi connectivity index (χ4v) is 4.55. The zero-order chi connectivity index (χ0) is 20.0. The van der Waals surface area contributed by atoms with E-state index in [1.807, 2.05) is 68.6 Å². The maximum atomic E-state index is 13.5. The van der Waals surface area contributed by atoms with E-state index in [2.05, 4.69) is 6.07 Å². The first-order chi connectivity index (χ1) is 14.1. The van der Waals surface area contributed by atoms with Gasteiger partial charge in [-0.25, -0.2) is 9.67 Å². The van der Waals surface area contributed by atoms with E-state index in [9.17, 15) is 4.79 Å². The SMILES string of the molecule is C[C@H](c1nc2ccccc2s1)N(C)C(=O)c1cc(C2CC2)nn1-c1ccccc1. The summed E-state index contributed by atoms with van der Waals surface area (Å²) in [6, 6.07) is 19.8. The molecule has 2 aromatic carbocycles. The zero-order valence-electron chi connectivity index (χ0n) is 16.4. The fraction of sp³-hybridized carbons (Fsp3) is 0.261. The molecule has 1 aliphatic rings. The number of amides is 1. The fourth-order valence-electron chi connectivity index (χ4n) is 3.49. The van der Waals surface area contributed by atoms with Crippen molar-refractivity contribution in [2.75, 3.05) is 7.05 Å². The molecule has 5 rings (SSSR count). The highest BCUT2D eigenvalue weighted by Crippen LogP contribution is 2.40. The van der Waals surface area contributed by atoms with Crippen molar-refractivity contribution in [1.29, 1.82) is 0 Å². The largest absolute Gasteiger partial charge is 0.331 e. The Hall–Kier alpha value is -2.99. The second-order valence-corrected chi connectivity index (χ2v) is 8.65. The molecule has 1 amide bonds. The standard InChI is InChI=1S/C23H22N4OS/c1-15(22-24-18-10-6-7-11-21(18)29-22)26(2)23(28)20-14-19(16-12-13-16)25-27(20)17-8-4-3-5-9-17/h3-11,14-16H,12-13H2,1-2H3/t15-/m1/s1. The van der Waals surface area contributed by atoms with Gasteiger partial charge in [0.2, 0.25) is 0 Å². The number of thiazole rings is 1. The molecule has 2 heterocycles. The number of para-hydroxylation sites is 2. The summed E-state index contributed by atoms with van der Waals surface area (Å²) in [4.78, 5) is 20.0. The molecule has 0 radical (unpaired) electrons. The number of hydrogen-bond acceptors (Lipinski definition) is 4. The Morgan fingerprint density at radius 1 is 1.14 bits per heavy atom. The van der Waals surface area contributed by atoms with Crippen LogP contribution in [0, 0.1) is 0 Å². The van der Waals surface area contributed by atoms with Crippen LogP contribution >= 0.6 is 11.3 Å². The second kappa shape index (κ2) is 7.12. The van der Waals surface area contributed by atoms with Crippen LogP contribution in [-0.4, -0.2) is 32.6 Å². The molecular weight excluding hydrogens is 380 g/mol. The first-order valence-electron chi connectivity index (χ1n) is 9.90. The summed E-state index contributed by atoms with van der Waals surface area (Å²) in [6.07, 6.45) is 2.30. The molecule has 29 heavy (non-hydrogen) atoms. The molecule has 0 N–H and O–H groups in total. The minimum Gasteiger partial charge on any atom is -0.331 e. The van der Waals surface area contributed by atoms with Gasteiger partial charge in [-0.2, -0.15) is 5.10 Å². The molecule has 1 fully saturated rings. The number of carbonyl (C=O) groups excluding carboxylic acids is 1. The molecule has 0 saturated heterocycles. The van der Waals surface area contributed by atoms with E-state index in [-0.39, 0.29) is 11.9 Å². The number of carbonyl (C=O) groups is 1. The van der Waals surface area contributed by atoms with Gasteiger partial charge in [-0.15, -0.1) is 11.3 Å². The number of aromatic nitrogens is 3. The van der Waals surface area contributed by atoms with Crippen LogP contribution in [-0.2, 0) is 0 Å². The summed E-state index contributed by atoms with van der Waals surface area (Å²) < 4.78 is 2.93. The molecule has 146 valence electrons. The first-order valence-corrected chi connectivity index (χ1v) is 10.7. The number of fused-ring (bicyclic) bond motifs is 1. The predicted octanol–water partition coefficient (Wildman–Crippen LogP) is 5.19. The molecule has 0 bridgehead atoms. The molecule has 1 atom stereocenters. The second-order valence-electron chi connectivity index (χ2n) is 7.59. The average Bonchev–Trinajstić information content (AvgIpc) is 3.36.